The fourth-order valence-corrected chi connectivity index (χ4v) is 5.30. The largest absolute Gasteiger partial charge is 0.413 e. The Kier molecular flexibility index (Phi) is 4.49. The molecule has 0 radical (unpaired) electrons. The maximum absolute atomic E-state index is 11.5. The van der Waals surface area contributed by atoms with Crippen molar-refractivity contribution in [3.63, 3.8) is 0 Å². The van der Waals surface area contributed by atoms with Crippen LogP contribution in [0.3, 0.4) is 0 Å². The normalized spacial score (nSPS) is 33.7. The van der Waals surface area contributed by atoms with Crippen LogP contribution in [0.2, 0.25) is 18.1 Å². The van der Waals surface area contributed by atoms with Gasteiger partial charge in [-0.15, -0.1) is 0 Å². The van der Waals surface area contributed by atoms with Crippen molar-refractivity contribution in [2.45, 2.75) is 91.0 Å². The van der Waals surface area contributed by atoms with Gasteiger partial charge in [0, 0.05) is 6.42 Å². The molecular weight excluding hydrogens is 276 g/mol. The molecule has 0 aromatic rings. The van der Waals surface area contributed by atoms with Crippen LogP contribution in [0.5, 0.6) is 0 Å². The van der Waals surface area contributed by atoms with Crippen molar-refractivity contribution in [3.05, 3.63) is 0 Å². The van der Waals surface area contributed by atoms with Crippen molar-refractivity contribution in [2.24, 2.45) is 17.3 Å². The zero-order valence-electron chi connectivity index (χ0n) is 15.1. The molecule has 0 amide bonds. The molecule has 4 atom stereocenters. The predicted molar refractivity (Wildman–Crippen MR) is 90.9 cm³/mol. The van der Waals surface area contributed by atoms with E-state index >= 15 is 0 Å². The highest BCUT2D eigenvalue weighted by Gasteiger charge is 2.59. The minimum atomic E-state index is -1.78. The summed E-state index contributed by atoms with van der Waals surface area (Å²) in [5.41, 5.74) is 0.315. The van der Waals surface area contributed by atoms with Crippen LogP contribution < -0.4 is 0 Å². The lowest BCUT2D eigenvalue weighted by Crippen LogP contribution is -2.49. The van der Waals surface area contributed by atoms with Crippen LogP contribution >= 0.6 is 0 Å². The standard InChI is InChI=1S/C18H34O2Si/c1-13(19)8-9-16(20-21(6,7)17(2,3)4)18(5)11-10-14-12-15(14)18/h14-16H,8-12H2,1-7H3/t14-,15+,16-,18+/m1/s1. The van der Waals surface area contributed by atoms with Crippen molar-refractivity contribution >= 4 is 14.1 Å². The van der Waals surface area contributed by atoms with Gasteiger partial charge in [0.05, 0.1) is 6.10 Å². The van der Waals surface area contributed by atoms with Gasteiger partial charge in [0.25, 0.3) is 0 Å². The number of rotatable bonds is 6. The summed E-state index contributed by atoms with van der Waals surface area (Å²) in [7, 11) is -1.78. The quantitative estimate of drug-likeness (QED) is 0.632. The van der Waals surface area contributed by atoms with E-state index in [1.165, 1.54) is 19.3 Å². The van der Waals surface area contributed by atoms with Crippen LogP contribution in [-0.4, -0.2) is 20.2 Å². The lowest BCUT2D eigenvalue weighted by Gasteiger charge is -2.45. The number of Topliss-reactive ketones (excluding diaryl/α,β-unsaturated/α-hetero) is 1. The summed E-state index contributed by atoms with van der Waals surface area (Å²) in [4.78, 5) is 11.5. The van der Waals surface area contributed by atoms with Crippen LogP contribution in [0.1, 0.15) is 66.7 Å². The third kappa shape index (κ3) is 3.44. The average molecular weight is 311 g/mol. The second-order valence-corrected chi connectivity index (χ2v) is 14.0. The Morgan fingerprint density at radius 2 is 2.00 bits per heavy atom. The third-order valence-electron chi connectivity index (χ3n) is 6.56. The number of hydrogen-bond donors (Lipinski definition) is 0. The Balaban J connectivity index is 2.14. The summed E-state index contributed by atoms with van der Waals surface area (Å²) in [6.07, 6.45) is 5.93. The number of carbonyl (C=O) groups excluding carboxylic acids is 1. The van der Waals surface area contributed by atoms with Gasteiger partial charge in [0.2, 0.25) is 0 Å². The molecule has 0 bridgehead atoms. The average Bonchev–Trinajstić information content (AvgIpc) is 3.04. The summed E-state index contributed by atoms with van der Waals surface area (Å²) >= 11 is 0. The smallest absolute Gasteiger partial charge is 0.192 e. The van der Waals surface area contributed by atoms with Crippen LogP contribution in [0, 0.1) is 17.3 Å². The number of carbonyl (C=O) groups is 1. The van der Waals surface area contributed by atoms with Crippen molar-refractivity contribution < 1.29 is 9.22 Å². The van der Waals surface area contributed by atoms with Crippen LogP contribution in [0.15, 0.2) is 0 Å². The fourth-order valence-electron chi connectivity index (χ4n) is 3.85. The maximum Gasteiger partial charge on any atom is 0.192 e. The van der Waals surface area contributed by atoms with Crippen molar-refractivity contribution in [1.29, 1.82) is 0 Å². The predicted octanol–water partition coefficient (Wildman–Crippen LogP) is 5.18. The van der Waals surface area contributed by atoms with Crippen molar-refractivity contribution in [1.82, 2.24) is 0 Å². The van der Waals surface area contributed by atoms with Gasteiger partial charge < -0.3 is 9.22 Å². The first kappa shape index (κ1) is 17.2. The summed E-state index contributed by atoms with van der Waals surface area (Å²) in [5, 5.41) is 0.236. The molecule has 2 saturated carbocycles. The van der Waals surface area contributed by atoms with Gasteiger partial charge in [-0.3, -0.25) is 0 Å². The number of fused-ring (bicyclic) bond motifs is 1. The zero-order valence-corrected chi connectivity index (χ0v) is 16.1. The lowest BCUT2D eigenvalue weighted by atomic mass is 9.77. The van der Waals surface area contributed by atoms with E-state index in [1.807, 2.05) is 0 Å². The second kappa shape index (κ2) is 5.49. The van der Waals surface area contributed by atoms with Crippen LogP contribution in [0.4, 0.5) is 0 Å². The van der Waals surface area contributed by atoms with E-state index in [2.05, 4.69) is 40.8 Å². The van der Waals surface area contributed by atoms with E-state index in [9.17, 15) is 4.79 Å². The highest BCUT2D eigenvalue weighted by atomic mass is 28.4. The van der Waals surface area contributed by atoms with E-state index in [-0.39, 0.29) is 11.1 Å². The van der Waals surface area contributed by atoms with Gasteiger partial charge in [-0.1, -0.05) is 27.7 Å². The molecular formula is C18H34O2Si. The summed E-state index contributed by atoms with van der Waals surface area (Å²) < 4.78 is 6.82. The Bertz CT molecular complexity index is 410. The molecule has 0 aromatic carbocycles. The summed E-state index contributed by atoms with van der Waals surface area (Å²) in [6, 6.07) is 0. The van der Waals surface area contributed by atoms with Gasteiger partial charge in [-0.2, -0.15) is 0 Å². The van der Waals surface area contributed by atoms with E-state index in [4.69, 9.17) is 4.43 Å². The Morgan fingerprint density at radius 3 is 2.38 bits per heavy atom. The molecule has 0 saturated heterocycles. The molecule has 21 heavy (non-hydrogen) atoms. The molecule has 2 nitrogen and oxygen atoms in total. The molecule has 0 unspecified atom stereocenters. The Labute approximate surface area is 132 Å². The number of ketones is 1. The fraction of sp³-hybridized carbons (Fsp3) is 0.944. The second-order valence-electron chi connectivity index (χ2n) is 9.25. The molecule has 0 N–H and O–H groups in total. The molecule has 122 valence electrons. The topological polar surface area (TPSA) is 26.3 Å². The molecule has 0 aliphatic heterocycles. The molecule has 2 aliphatic rings. The number of hydrogen-bond acceptors (Lipinski definition) is 2. The third-order valence-corrected chi connectivity index (χ3v) is 11.0. The zero-order chi connectivity index (χ0) is 16.1. The molecule has 0 aromatic heterocycles. The van der Waals surface area contributed by atoms with E-state index in [0.29, 0.717) is 17.6 Å². The molecule has 0 heterocycles. The minimum absolute atomic E-state index is 0.236. The summed E-state index contributed by atoms with van der Waals surface area (Å²) in [5.74, 6) is 2.12. The van der Waals surface area contributed by atoms with Gasteiger partial charge in [0.15, 0.2) is 8.32 Å². The van der Waals surface area contributed by atoms with Gasteiger partial charge in [0.1, 0.15) is 5.78 Å². The van der Waals surface area contributed by atoms with Crippen LogP contribution in [0.25, 0.3) is 0 Å². The molecule has 2 rings (SSSR count). The van der Waals surface area contributed by atoms with Crippen LogP contribution in [-0.2, 0) is 9.22 Å². The molecule has 2 fully saturated rings. The van der Waals surface area contributed by atoms with Crippen molar-refractivity contribution in [3.8, 4) is 0 Å². The van der Waals surface area contributed by atoms with Gasteiger partial charge in [-0.05, 0) is 68.0 Å². The van der Waals surface area contributed by atoms with E-state index in [0.717, 1.165) is 18.3 Å². The first-order valence-electron chi connectivity index (χ1n) is 8.64. The van der Waals surface area contributed by atoms with Crippen molar-refractivity contribution in [2.75, 3.05) is 0 Å². The lowest BCUT2D eigenvalue weighted by molar-refractivity contribution is -0.118. The maximum atomic E-state index is 11.5. The first-order chi connectivity index (χ1) is 9.47. The highest BCUT2D eigenvalue weighted by molar-refractivity contribution is 6.74. The van der Waals surface area contributed by atoms with E-state index < -0.39 is 8.32 Å². The monoisotopic (exact) mass is 310 g/mol. The SMILES string of the molecule is CC(=O)CC[C@@H](O[Si](C)(C)C(C)(C)C)[C@@]1(C)CC[C@@H]2C[C@@H]21. The van der Waals surface area contributed by atoms with E-state index in [1.54, 1.807) is 6.92 Å². The Hall–Kier alpha value is -0.153. The summed E-state index contributed by atoms with van der Waals surface area (Å²) in [6.45, 7) is 15.7. The molecule has 0 spiro atoms. The minimum Gasteiger partial charge on any atom is -0.413 e. The van der Waals surface area contributed by atoms with Gasteiger partial charge >= 0.3 is 0 Å². The van der Waals surface area contributed by atoms with Gasteiger partial charge in [-0.25, -0.2) is 0 Å². The highest BCUT2D eigenvalue weighted by Crippen LogP contribution is 2.64. The molecule has 2 aliphatic carbocycles. The molecule has 3 heteroatoms. The first-order valence-corrected chi connectivity index (χ1v) is 11.6. The Morgan fingerprint density at radius 1 is 1.38 bits per heavy atom.